The molecular formula is C10H11ClO5. The van der Waals surface area contributed by atoms with Gasteiger partial charge in [0.05, 0.1) is 21.3 Å². The van der Waals surface area contributed by atoms with Crippen LogP contribution >= 0.6 is 11.6 Å². The lowest BCUT2D eigenvalue weighted by Crippen LogP contribution is -1.99. The second kappa shape index (κ2) is 5.46. The molecule has 0 aromatic heterocycles. The summed E-state index contributed by atoms with van der Waals surface area (Å²) in [5.41, 5.74) is -0.936. The minimum absolute atomic E-state index is 0.217. The van der Waals surface area contributed by atoms with E-state index in [1.807, 2.05) is 0 Å². The number of carbonyl (C=O) groups is 1. The summed E-state index contributed by atoms with van der Waals surface area (Å²) in [4.78, 5) is 10.6. The number of halogens is 1. The van der Waals surface area contributed by atoms with Crippen LogP contribution in [0.3, 0.4) is 0 Å². The fourth-order valence-electron chi connectivity index (χ4n) is 1.21. The number of rotatable bonds is 4. The highest BCUT2D eigenvalue weighted by Crippen LogP contribution is 2.40. The highest BCUT2D eigenvalue weighted by atomic mass is 35.5. The third kappa shape index (κ3) is 2.70. The average Bonchev–Trinajstić information content (AvgIpc) is 2.26. The largest absolute Gasteiger partial charge is 0.493 e. The predicted molar refractivity (Wildman–Crippen MR) is 58.0 cm³/mol. The average molecular weight is 247 g/mol. The van der Waals surface area contributed by atoms with Crippen molar-refractivity contribution in [2.24, 2.45) is 0 Å². The predicted octanol–water partition coefficient (Wildman–Crippen LogP) is 2.45. The van der Waals surface area contributed by atoms with Gasteiger partial charge < -0.3 is 18.9 Å². The van der Waals surface area contributed by atoms with Crippen LogP contribution < -0.4 is 18.9 Å². The number of carbonyl (C=O) groups excluding carboxylic acids is 1. The Kier molecular flexibility index (Phi) is 4.25. The molecule has 0 saturated heterocycles. The fourth-order valence-corrected chi connectivity index (χ4v) is 1.30. The molecule has 0 amide bonds. The van der Waals surface area contributed by atoms with Crippen molar-refractivity contribution < 1.29 is 23.7 Å². The second-order valence-corrected chi connectivity index (χ2v) is 3.01. The lowest BCUT2D eigenvalue weighted by atomic mass is 10.2. The van der Waals surface area contributed by atoms with Gasteiger partial charge in [0.2, 0.25) is 5.75 Å². The van der Waals surface area contributed by atoms with Crippen LogP contribution in [0.25, 0.3) is 0 Å². The van der Waals surface area contributed by atoms with Gasteiger partial charge in [-0.1, -0.05) is 0 Å². The second-order valence-electron chi connectivity index (χ2n) is 2.70. The molecule has 0 bridgehead atoms. The van der Waals surface area contributed by atoms with Crippen LogP contribution in [0.5, 0.6) is 23.0 Å². The summed E-state index contributed by atoms with van der Waals surface area (Å²) in [6.45, 7) is 0. The third-order valence-corrected chi connectivity index (χ3v) is 1.91. The molecule has 1 aromatic rings. The molecule has 0 atom stereocenters. The van der Waals surface area contributed by atoms with E-state index in [2.05, 4.69) is 0 Å². The maximum atomic E-state index is 10.6. The van der Waals surface area contributed by atoms with Crippen molar-refractivity contribution >= 4 is 17.0 Å². The number of benzene rings is 1. The van der Waals surface area contributed by atoms with Gasteiger partial charge in [0, 0.05) is 23.7 Å². The molecule has 1 aromatic carbocycles. The Hall–Kier alpha value is -1.62. The minimum atomic E-state index is -0.936. The van der Waals surface area contributed by atoms with Gasteiger partial charge in [-0.2, -0.15) is 0 Å². The molecule has 0 fully saturated rings. The van der Waals surface area contributed by atoms with Crippen molar-refractivity contribution in [2.45, 2.75) is 0 Å². The molecule has 0 unspecified atom stereocenters. The summed E-state index contributed by atoms with van der Waals surface area (Å²) in [6, 6.07) is 2.95. The Bertz CT molecular complexity index is 366. The van der Waals surface area contributed by atoms with E-state index in [4.69, 9.17) is 30.5 Å². The lowest BCUT2D eigenvalue weighted by Gasteiger charge is -2.13. The number of methoxy groups -OCH3 is 3. The summed E-state index contributed by atoms with van der Waals surface area (Å²) in [5.74, 6) is 1.40. The zero-order valence-corrected chi connectivity index (χ0v) is 9.83. The Balaban J connectivity index is 3.20. The maximum absolute atomic E-state index is 10.6. The molecular weight excluding hydrogens is 236 g/mol. The smallest absolute Gasteiger partial charge is 0.409 e. The van der Waals surface area contributed by atoms with Crippen LogP contribution in [0.1, 0.15) is 0 Å². The summed E-state index contributed by atoms with van der Waals surface area (Å²) in [7, 11) is 4.40. The first kappa shape index (κ1) is 12.4. The molecule has 5 nitrogen and oxygen atoms in total. The zero-order valence-electron chi connectivity index (χ0n) is 9.07. The molecule has 0 radical (unpaired) electrons. The zero-order chi connectivity index (χ0) is 12.1. The van der Waals surface area contributed by atoms with Gasteiger partial charge in [0.25, 0.3) is 0 Å². The van der Waals surface area contributed by atoms with Gasteiger partial charge >= 0.3 is 5.43 Å². The van der Waals surface area contributed by atoms with Crippen molar-refractivity contribution in [1.29, 1.82) is 0 Å². The lowest BCUT2D eigenvalue weighted by molar-refractivity contribution is 0.225. The van der Waals surface area contributed by atoms with Gasteiger partial charge in [0.1, 0.15) is 5.75 Å². The van der Waals surface area contributed by atoms with Gasteiger partial charge in [-0.05, 0) is 0 Å². The standard InChI is InChI=1S/C10H11ClO5/c1-13-7-4-6(16-10(11)12)5-8(14-2)9(7)15-3/h4-5H,1-3H3. The molecule has 1 rings (SSSR count). The van der Waals surface area contributed by atoms with Crippen molar-refractivity contribution in [2.75, 3.05) is 21.3 Å². The number of ether oxygens (including phenoxy) is 4. The van der Waals surface area contributed by atoms with Crippen LogP contribution in [0.4, 0.5) is 4.79 Å². The van der Waals surface area contributed by atoms with Gasteiger partial charge in [-0.3, -0.25) is 0 Å². The maximum Gasteiger partial charge on any atom is 0.409 e. The summed E-state index contributed by atoms with van der Waals surface area (Å²) in [6.07, 6.45) is 0. The Morgan fingerprint density at radius 3 is 1.88 bits per heavy atom. The van der Waals surface area contributed by atoms with E-state index in [0.29, 0.717) is 17.2 Å². The van der Waals surface area contributed by atoms with Crippen LogP contribution in [0, 0.1) is 0 Å². The van der Waals surface area contributed by atoms with Crippen molar-refractivity contribution in [1.82, 2.24) is 0 Å². The monoisotopic (exact) mass is 246 g/mol. The quantitative estimate of drug-likeness (QED) is 0.764. The van der Waals surface area contributed by atoms with Crippen molar-refractivity contribution in [3.8, 4) is 23.0 Å². The van der Waals surface area contributed by atoms with Gasteiger partial charge in [-0.15, -0.1) is 0 Å². The minimum Gasteiger partial charge on any atom is -0.493 e. The van der Waals surface area contributed by atoms with Crippen LogP contribution in [-0.2, 0) is 0 Å². The van der Waals surface area contributed by atoms with Gasteiger partial charge in [-0.25, -0.2) is 4.79 Å². The number of hydrogen-bond acceptors (Lipinski definition) is 5. The molecule has 0 aliphatic carbocycles. The molecule has 0 aliphatic heterocycles. The Morgan fingerprint density at radius 2 is 1.56 bits per heavy atom. The van der Waals surface area contributed by atoms with E-state index in [9.17, 15) is 4.79 Å². The van der Waals surface area contributed by atoms with Crippen LogP contribution in [-0.4, -0.2) is 26.8 Å². The van der Waals surface area contributed by atoms with Gasteiger partial charge in [0.15, 0.2) is 11.5 Å². The Labute approximate surface area is 97.8 Å². The van der Waals surface area contributed by atoms with E-state index in [1.54, 1.807) is 0 Å². The number of hydrogen-bond donors (Lipinski definition) is 0. The summed E-state index contributed by atoms with van der Waals surface area (Å²) < 4.78 is 19.9. The molecule has 0 N–H and O–H groups in total. The molecule has 16 heavy (non-hydrogen) atoms. The molecule has 0 saturated carbocycles. The highest BCUT2D eigenvalue weighted by Gasteiger charge is 2.14. The van der Waals surface area contributed by atoms with E-state index in [1.165, 1.54) is 33.5 Å². The van der Waals surface area contributed by atoms with E-state index >= 15 is 0 Å². The highest BCUT2D eigenvalue weighted by molar-refractivity contribution is 6.61. The Morgan fingerprint density at radius 1 is 1.06 bits per heavy atom. The summed E-state index contributed by atoms with van der Waals surface area (Å²) in [5, 5.41) is 0. The topological polar surface area (TPSA) is 54.0 Å². The SMILES string of the molecule is COc1cc(OC(=O)Cl)cc(OC)c1OC. The third-order valence-electron chi connectivity index (χ3n) is 1.84. The molecule has 0 heterocycles. The van der Waals surface area contributed by atoms with E-state index in [-0.39, 0.29) is 5.75 Å². The van der Waals surface area contributed by atoms with E-state index < -0.39 is 5.43 Å². The first-order valence-corrected chi connectivity index (χ1v) is 4.67. The normalized spacial score (nSPS) is 9.50. The van der Waals surface area contributed by atoms with Crippen LogP contribution in [0.15, 0.2) is 12.1 Å². The summed E-state index contributed by atoms with van der Waals surface area (Å²) >= 11 is 5.10. The molecule has 6 heteroatoms. The molecule has 0 aliphatic rings. The van der Waals surface area contributed by atoms with E-state index in [0.717, 1.165) is 0 Å². The first-order chi connectivity index (χ1) is 7.62. The first-order valence-electron chi connectivity index (χ1n) is 4.29. The molecule has 0 spiro atoms. The van der Waals surface area contributed by atoms with Crippen molar-refractivity contribution in [3.05, 3.63) is 12.1 Å². The van der Waals surface area contributed by atoms with Crippen LogP contribution in [0.2, 0.25) is 0 Å². The fraction of sp³-hybridized carbons (Fsp3) is 0.300. The van der Waals surface area contributed by atoms with Crippen molar-refractivity contribution in [3.63, 3.8) is 0 Å². The molecule has 88 valence electrons.